The lowest BCUT2D eigenvalue weighted by molar-refractivity contribution is -0.141. The molecule has 6 aliphatic rings. The molecular weight excluding hydrogens is 1510 g/mol. The summed E-state index contributed by atoms with van der Waals surface area (Å²) in [6, 6.07) is -6.04. The topological polar surface area (TPSA) is 517 Å². The Kier molecular flexibility index (Phi) is 37.1. The van der Waals surface area contributed by atoms with E-state index in [1.54, 1.807) is 41.5 Å². The Hall–Kier alpha value is -7.09. The van der Waals surface area contributed by atoms with Crippen molar-refractivity contribution in [2.45, 2.75) is 299 Å². The number of rotatable bonds is 17. The highest BCUT2D eigenvalue weighted by Crippen LogP contribution is 2.34. The van der Waals surface area contributed by atoms with Crippen LogP contribution in [0.1, 0.15) is 202 Å². The van der Waals surface area contributed by atoms with Crippen LogP contribution in [0.2, 0.25) is 0 Å². The van der Waals surface area contributed by atoms with E-state index in [0.717, 1.165) is 30.5 Å². The maximum absolute atomic E-state index is 15.4. The third kappa shape index (κ3) is 28.9. The molecule has 3 saturated heterocycles. The minimum atomic E-state index is -1.97. The van der Waals surface area contributed by atoms with Crippen molar-refractivity contribution in [3.8, 4) is 0 Å². The lowest BCUT2D eigenvalue weighted by atomic mass is 9.82. The van der Waals surface area contributed by atoms with Crippen molar-refractivity contribution < 1.29 is 87.9 Å². The second-order valence-corrected chi connectivity index (χ2v) is 36.0. The second kappa shape index (κ2) is 45.0. The number of amides is 11. The van der Waals surface area contributed by atoms with Crippen molar-refractivity contribution in [1.29, 1.82) is 0 Å². The number of ketones is 1. The number of aliphatic carboxylic acids is 1. The van der Waals surface area contributed by atoms with Crippen LogP contribution in [0.3, 0.4) is 0 Å². The molecule has 0 aromatic heterocycles. The standard InChI is InChI=1S/C79H129N15O18S2/c1-10-13-55-70(105)92-64(43(4)95)61(99)34-50(67(80)103)40-114-39-48-15-11-14-47(30-48)38-113-29-27-62(100)91-66(78(6,7)8)76(111)89-58(32-46-19-23-53(98)24-20-46)72(107)87-60(35-51-37-81-41-84-51)73(108)93-65(44(5)96)75(110)88-59(33-49-36-83-68-54(49)16-12-28-82-68)74(109)94-79(9,42(2)3)77(112)90-56(25-26-63(101)102)69(104)86-57(71(106)85-55)31-45-17-21-52(97)22-18-45/h11,14-15,30,42-46,49-60,64-66,68,81-84,95-98H,10,12-13,16-29,31-41H2,1-9H3,(H2,80,103)(H,85,106)(H,86,104)(H,87,107)(H,88,110)(H,89,111)(H,90,112)(H,91,100)(H,92,105)(H,93,108)(H,94,109)(H,101,102)/t43-,44-,45?,46?,49?,50+,51?,52?,53?,54?,55+,56+,57+,58+,59+,60+,64+,65+,66-,68?,79+/m1/s1. The van der Waals surface area contributed by atoms with Crippen LogP contribution in [0.15, 0.2) is 24.3 Å². The predicted molar refractivity (Wildman–Crippen MR) is 429 cm³/mol. The first kappa shape index (κ1) is 94.1. The van der Waals surface area contributed by atoms with Gasteiger partial charge < -0.3 is 106 Å². The highest BCUT2D eigenvalue weighted by Gasteiger charge is 2.47. The van der Waals surface area contributed by atoms with Crippen molar-refractivity contribution in [3.05, 3.63) is 35.4 Å². The summed E-state index contributed by atoms with van der Waals surface area (Å²) >= 11 is 2.81. The first-order valence-electron chi connectivity index (χ1n) is 40.9. The fourth-order valence-corrected chi connectivity index (χ4v) is 17.9. The molecule has 35 heteroatoms. The minimum absolute atomic E-state index is 0.00617. The van der Waals surface area contributed by atoms with Crippen LogP contribution in [0, 0.1) is 40.9 Å². The number of carboxylic acids is 1. The summed E-state index contributed by atoms with van der Waals surface area (Å²) in [7, 11) is 0. The number of carbonyl (C=O) groups is 13. The van der Waals surface area contributed by atoms with Gasteiger partial charge in [0.15, 0.2) is 5.78 Å². The molecule has 5 fully saturated rings. The summed E-state index contributed by atoms with van der Waals surface area (Å²) in [4.78, 5) is 188. The number of aliphatic hydroxyl groups is 4. The largest absolute Gasteiger partial charge is 0.481 e. The first-order chi connectivity index (χ1) is 53.9. The van der Waals surface area contributed by atoms with Gasteiger partial charge >= 0.3 is 5.97 Å². The Morgan fingerprint density at radius 3 is 1.68 bits per heavy atom. The van der Waals surface area contributed by atoms with Crippen molar-refractivity contribution in [2.24, 2.45) is 46.7 Å². The van der Waals surface area contributed by atoms with E-state index in [1.807, 2.05) is 24.3 Å². The molecule has 33 nitrogen and oxygen atoms in total. The molecule has 2 bridgehead atoms. The molecule has 7 rings (SSSR count). The SMILES string of the molecule is CCC[C@@H]1NC(=O)[C@H](CC2CCC(O)CC2)NC(=O)[C@H](CCC(=O)O)NC(=O)[C@](C)(C(C)C)NC(=O)[C@H](CC2CNC3NCCCC23)NC(=O)[C@H]([C@@H](C)O)NC(=O)[C@H](CC2CNCN2)NC(=O)[C@H](CC2CCC(O)CC2)NC(=O)[C@H](C(C)(C)C)NC(=O)CCSCc2cccc(c2)CSC[C@@H](C(N)=O)CC(=O)[C@H]([C@@H](C)O)NC1=O. The van der Waals surface area contributed by atoms with Crippen molar-refractivity contribution in [1.82, 2.24) is 74.4 Å². The van der Waals surface area contributed by atoms with E-state index in [9.17, 15) is 63.9 Å². The summed E-state index contributed by atoms with van der Waals surface area (Å²) in [5.41, 5.74) is 4.81. The fraction of sp³-hybridized carbons (Fsp3) is 0.759. The number of carbonyl (C=O) groups excluding carboxylic acids is 12. The number of hydrogen-bond acceptors (Lipinski definition) is 23. The molecule has 21 N–H and O–H groups in total. The van der Waals surface area contributed by atoms with Gasteiger partial charge in [0.2, 0.25) is 65.0 Å². The Labute approximate surface area is 677 Å². The van der Waals surface area contributed by atoms with E-state index in [2.05, 4.69) is 74.4 Å². The number of carboxylic acid groups (broad SMARTS) is 1. The maximum atomic E-state index is 15.4. The monoisotopic (exact) mass is 1640 g/mol. The van der Waals surface area contributed by atoms with Gasteiger partial charge in [-0.05, 0) is 183 Å². The molecule has 17 atom stereocenters. The molecular formula is C79H129N15O18S2. The zero-order valence-electron chi connectivity index (χ0n) is 67.7. The number of thioether (sulfide) groups is 2. The Morgan fingerprint density at radius 1 is 0.596 bits per heavy atom. The summed E-state index contributed by atoms with van der Waals surface area (Å²) < 4.78 is 0. The number of nitrogens with two attached hydrogens (primary N) is 1. The second-order valence-electron chi connectivity index (χ2n) is 33.9. The highest BCUT2D eigenvalue weighted by molar-refractivity contribution is 7.98. The number of nitrogens with one attached hydrogen (secondary N) is 14. The van der Waals surface area contributed by atoms with E-state index < -0.39 is 204 Å². The third-order valence-corrected chi connectivity index (χ3v) is 25.5. The van der Waals surface area contributed by atoms with E-state index >= 15 is 24.0 Å². The van der Waals surface area contributed by atoms with Gasteiger partial charge in [0.05, 0.1) is 36.5 Å². The molecule has 0 spiro atoms. The fourth-order valence-electron chi connectivity index (χ4n) is 15.9. The van der Waals surface area contributed by atoms with Gasteiger partial charge in [-0.25, -0.2) is 0 Å². The first-order valence-corrected chi connectivity index (χ1v) is 43.2. The van der Waals surface area contributed by atoms with Crippen LogP contribution in [0.5, 0.6) is 0 Å². The highest BCUT2D eigenvalue weighted by atomic mass is 32.2. The van der Waals surface area contributed by atoms with Crippen LogP contribution in [-0.4, -0.2) is 237 Å². The van der Waals surface area contributed by atoms with Crippen LogP contribution >= 0.6 is 23.5 Å². The summed E-state index contributed by atoms with van der Waals surface area (Å²) in [6.07, 6.45) is -0.746. The Bertz CT molecular complexity index is 3440. The molecule has 11 amide bonds. The average molecular weight is 1640 g/mol. The van der Waals surface area contributed by atoms with Crippen LogP contribution in [-0.2, 0) is 73.8 Å². The molecule has 640 valence electrons. The van der Waals surface area contributed by atoms with Crippen LogP contribution in [0.25, 0.3) is 0 Å². The van der Waals surface area contributed by atoms with Gasteiger partial charge in [-0.15, -0.1) is 0 Å². The van der Waals surface area contributed by atoms with E-state index in [0.29, 0.717) is 94.8 Å². The summed E-state index contributed by atoms with van der Waals surface area (Å²) in [5, 5.41) is 94.6. The van der Waals surface area contributed by atoms with Crippen LogP contribution < -0.4 is 80.2 Å². The number of piperidine rings is 1. The van der Waals surface area contributed by atoms with Gasteiger partial charge in [-0.1, -0.05) is 72.2 Å². The van der Waals surface area contributed by atoms with Gasteiger partial charge in [-0.2, -0.15) is 23.5 Å². The number of fused-ring (bicyclic) bond motifs is 3. The van der Waals surface area contributed by atoms with Gasteiger partial charge in [0.25, 0.3) is 0 Å². The molecule has 2 aliphatic carbocycles. The third-order valence-electron chi connectivity index (χ3n) is 23.3. The zero-order chi connectivity index (χ0) is 83.7. The quantitative estimate of drug-likeness (QED) is 0.0953. The lowest BCUT2D eigenvalue weighted by Crippen LogP contribution is -2.66. The minimum Gasteiger partial charge on any atom is -0.481 e. The zero-order valence-corrected chi connectivity index (χ0v) is 69.3. The molecule has 114 heavy (non-hydrogen) atoms. The molecule has 4 aliphatic heterocycles. The van der Waals surface area contributed by atoms with Crippen LogP contribution in [0.4, 0.5) is 0 Å². The number of Topliss-reactive ketones (excluding diaryl/α,β-unsaturated/α-hetero) is 1. The summed E-state index contributed by atoms with van der Waals surface area (Å²) in [5.74, 6) is -12.6. The Balaban J connectivity index is 1.24. The molecule has 2 saturated carbocycles. The van der Waals surface area contributed by atoms with E-state index in [-0.39, 0.29) is 74.1 Å². The van der Waals surface area contributed by atoms with E-state index in [4.69, 9.17) is 5.73 Å². The lowest BCUT2D eigenvalue weighted by Gasteiger charge is -2.37. The number of hydrogen-bond donors (Lipinski definition) is 20. The molecule has 0 radical (unpaired) electrons. The van der Waals surface area contributed by atoms with Crippen molar-refractivity contribution in [3.63, 3.8) is 0 Å². The normalized spacial score (nSPS) is 33.1. The molecule has 1 aromatic carbocycles. The Morgan fingerprint density at radius 2 is 1.12 bits per heavy atom. The number of primary amides is 1. The predicted octanol–water partition coefficient (Wildman–Crippen LogP) is -0.289. The van der Waals surface area contributed by atoms with E-state index in [1.165, 1.54) is 44.3 Å². The van der Waals surface area contributed by atoms with Crippen molar-refractivity contribution in [2.75, 3.05) is 37.8 Å². The molecule has 4 heterocycles. The number of benzene rings is 1. The molecule has 4 unspecified atom stereocenters. The van der Waals surface area contributed by atoms with Gasteiger partial charge in [0, 0.05) is 61.5 Å². The van der Waals surface area contributed by atoms with Crippen molar-refractivity contribution >= 4 is 100 Å². The maximum Gasteiger partial charge on any atom is 0.303 e. The molecule has 1 aromatic rings. The number of aliphatic hydroxyl groups excluding tert-OH is 4. The average Bonchev–Trinajstić information content (AvgIpc) is 1.54. The summed E-state index contributed by atoms with van der Waals surface area (Å²) in [6.45, 7) is 16.0. The van der Waals surface area contributed by atoms with Gasteiger partial charge in [-0.3, -0.25) is 62.3 Å². The van der Waals surface area contributed by atoms with Gasteiger partial charge in [0.1, 0.15) is 59.9 Å². The smallest absolute Gasteiger partial charge is 0.303 e.